The molecule has 0 aliphatic carbocycles. The summed E-state index contributed by atoms with van der Waals surface area (Å²) in [5.41, 5.74) is 6.02. The summed E-state index contributed by atoms with van der Waals surface area (Å²) in [5.74, 6) is -0.892. The van der Waals surface area contributed by atoms with E-state index in [0.717, 1.165) is 12.8 Å². The molecule has 1 aromatic carbocycles. The number of nitrogen functional groups attached to an aromatic ring is 1. The van der Waals surface area contributed by atoms with E-state index in [9.17, 15) is 14.7 Å². The number of carbonyl (C=O) groups is 2. The van der Waals surface area contributed by atoms with Crippen LogP contribution in [0.4, 0.5) is 5.69 Å². The Morgan fingerprint density at radius 3 is 2.48 bits per heavy atom. The van der Waals surface area contributed by atoms with E-state index in [0.29, 0.717) is 24.3 Å². The summed E-state index contributed by atoms with van der Waals surface area (Å²) in [6.45, 7) is 4.63. The van der Waals surface area contributed by atoms with Crippen molar-refractivity contribution in [2.24, 2.45) is 11.3 Å². The van der Waals surface area contributed by atoms with Crippen LogP contribution in [0.5, 0.6) is 0 Å². The number of nitrogens with two attached hydrogens (primary N) is 1. The molecule has 1 heterocycles. The summed E-state index contributed by atoms with van der Waals surface area (Å²) < 4.78 is 0. The van der Waals surface area contributed by atoms with Crippen LogP contribution < -0.4 is 5.73 Å². The van der Waals surface area contributed by atoms with Crippen molar-refractivity contribution < 1.29 is 14.7 Å². The molecule has 0 radical (unpaired) electrons. The second-order valence-electron chi connectivity index (χ2n) is 6.24. The first-order valence-electron chi connectivity index (χ1n) is 7.20. The molecule has 2 rings (SSSR count). The second kappa shape index (κ2) is 5.76. The second-order valence-corrected chi connectivity index (χ2v) is 6.24. The molecule has 0 aromatic heterocycles. The quantitative estimate of drug-likeness (QED) is 0.836. The first-order valence-corrected chi connectivity index (χ1v) is 7.20. The SMILES string of the molecule is CC(C)(C(=O)O)C1CCCN(C(=O)c2ccc(N)cc2)C1. The maximum absolute atomic E-state index is 12.5. The molecule has 0 saturated carbocycles. The zero-order valence-corrected chi connectivity index (χ0v) is 12.5. The monoisotopic (exact) mass is 290 g/mol. The van der Waals surface area contributed by atoms with Gasteiger partial charge >= 0.3 is 5.97 Å². The van der Waals surface area contributed by atoms with Gasteiger partial charge in [-0.15, -0.1) is 0 Å². The molecular weight excluding hydrogens is 268 g/mol. The highest BCUT2D eigenvalue weighted by molar-refractivity contribution is 5.94. The number of hydrogen-bond donors (Lipinski definition) is 2. The van der Waals surface area contributed by atoms with Crippen molar-refractivity contribution in [1.29, 1.82) is 0 Å². The normalized spacial score (nSPS) is 19.3. The number of likely N-dealkylation sites (tertiary alicyclic amines) is 1. The van der Waals surface area contributed by atoms with Crippen LogP contribution in [0.15, 0.2) is 24.3 Å². The molecule has 114 valence electrons. The third kappa shape index (κ3) is 3.17. The van der Waals surface area contributed by atoms with Crippen LogP contribution in [0.2, 0.25) is 0 Å². The predicted molar refractivity (Wildman–Crippen MR) is 80.9 cm³/mol. The fourth-order valence-corrected chi connectivity index (χ4v) is 2.73. The van der Waals surface area contributed by atoms with Gasteiger partial charge in [0.05, 0.1) is 5.41 Å². The third-order valence-corrected chi connectivity index (χ3v) is 4.44. The van der Waals surface area contributed by atoms with Crippen LogP contribution in [0.3, 0.4) is 0 Å². The molecule has 0 bridgehead atoms. The fourth-order valence-electron chi connectivity index (χ4n) is 2.73. The average Bonchev–Trinajstić information content (AvgIpc) is 2.47. The first kappa shape index (κ1) is 15.4. The number of carbonyl (C=O) groups excluding carboxylic acids is 1. The lowest BCUT2D eigenvalue weighted by atomic mass is 9.74. The first-order chi connectivity index (χ1) is 9.82. The number of nitrogens with zero attached hydrogens (tertiary/aromatic N) is 1. The summed E-state index contributed by atoms with van der Waals surface area (Å²) in [4.78, 5) is 25.6. The molecule has 1 saturated heterocycles. The molecular formula is C16H22N2O3. The van der Waals surface area contributed by atoms with Crippen LogP contribution in [0, 0.1) is 11.3 Å². The zero-order chi connectivity index (χ0) is 15.6. The van der Waals surface area contributed by atoms with Crippen molar-refractivity contribution in [2.75, 3.05) is 18.8 Å². The van der Waals surface area contributed by atoms with Crippen molar-refractivity contribution >= 4 is 17.6 Å². The molecule has 1 atom stereocenters. The van der Waals surface area contributed by atoms with E-state index in [2.05, 4.69) is 0 Å². The molecule has 1 aliphatic heterocycles. The van der Waals surface area contributed by atoms with Gasteiger partial charge in [-0.2, -0.15) is 0 Å². The van der Waals surface area contributed by atoms with Gasteiger partial charge in [-0.05, 0) is 56.9 Å². The number of carboxylic acids is 1. The van der Waals surface area contributed by atoms with E-state index >= 15 is 0 Å². The van der Waals surface area contributed by atoms with Crippen molar-refractivity contribution in [2.45, 2.75) is 26.7 Å². The van der Waals surface area contributed by atoms with E-state index in [1.54, 1.807) is 43.0 Å². The van der Waals surface area contributed by atoms with Gasteiger partial charge in [0.2, 0.25) is 0 Å². The van der Waals surface area contributed by atoms with E-state index in [1.807, 2.05) is 0 Å². The minimum Gasteiger partial charge on any atom is -0.481 e. The van der Waals surface area contributed by atoms with Crippen LogP contribution in [-0.2, 0) is 4.79 Å². The number of carboxylic acid groups (broad SMARTS) is 1. The van der Waals surface area contributed by atoms with E-state index in [1.165, 1.54) is 0 Å². The topological polar surface area (TPSA) is 83.6 Å². The number of anilines is 1. The summed E-state index contributed by atoms with van der Waals surface area (Å²) in [7, 11) is 0. The van der Waals surface area contributed by atoms with Gasteiger partial charge in [0, 0.05) is 24.3 Å². The Balaban J connectivity index is 2.12. The Morgan fingerprint density at radius 1 is 1.29 bits per heavy atom. The lowest BCUT2D eigenvalue weighted by Gasteiger charge is -2.39. The molecule has 1 aromatic rings. The number of hydrogen-bond acceptors (Lipinski definition) is 3. The fraction of sp³-hybridized carbons (Fsp3) is 0.500. The van der Waals surface area contributed by atoms with Gasteiger partial charge < -0.3 is 15.7 Å². The minimum absolute atomic E-state index is 0.0264. The number of benzene rings is 1. The van der Waals surface area contributed by atoms with Crippen molar-refractivity contribution in [3.8, 4) is 0 Å². The Bertz CT molecular complexity index is 537. The summed E-state index contributed by atoms with van der Waals surface area (Å²) in [6, 6.07) is 6.83. The van der Waals surface area contributed by atoms with Crippen LogP contribution in [0.25, 0.3) is 0 Å². The molecule has 1 unspecified atom stereocenters. The molecule has 1 aliphatic rings. The minimum atomic E-state index is -0.819. The number of rotatable bonds is 3. The van der Waals surface area contributed by atoms with E-state index in [4.69, 9.17) is 5.73 Å². The van der Waals surface area contributed by atoms with Gasteiger partial charge in [-0.3, -0.25) is 9.59 Å². The van der Waals surface area contributed by atoms with Gasteiger partial charge in [0.15, 0.2) is 0 Å². The number of amides is 1. The maximum atomic E-state index is 12.5. The van der Waals surface area contributed by atoms with Crippen molar-refractivity contribution in [3.05, 3.63) is 29.8 Å². The average molecular weight is 290 g/mol. The zero-order valence-electron chi connectivity index (χ0n) is 12.5. The van der Waals surface area contributed by atoms with Crippen LogP contribution >= 0.6 is 0 Å². The molecule has 1 amide bonds. The summed E-state index contributed by atoms with van der Waals surface area (Å²) in [5, 5.41) is 9.35. The van der Waals surface area contributed by atoms with Gasteiger partial charge in [0.25, 0.3) is 5.91 Å². The Kier molecular flexibility index (Phi) is 4.21. The summed E-state index contributed by atoms with van der Waals surface area (Å²) >= 11 is 0. The third-order valence-electron chi connectivity index (χ3n) is 4.44. The largest absolute Gasteiger partial charge is 0.481 e. The highest BCUT2D eigenvalue weighted by Gasteiger charge is 2.40. The number of aliphatic carboxylic acids is 1. The predicted octanol–water partition coefficient (Wildman–Crippen LogP) is 2.23. The van der Waals surface area contributed by atoms with Crippen molar-refractivity contribution in [3.63, 3.8) is 0 Å². The Hall–Kier alpha value is -2.04. The smallest absolute Gasteiger partial charge is 0.309 e. The lowest BCUT2D eigenvalue weighted by Crippen LogP contribution is -2.46. The summed E-state index contributed by atoms with van der Waals surface area (Å²) in [6.07, 6.45) is 1.67. The van der Waals surface area contributed by atoms with Crippen molar-refractivity contribution in [1.82, 2.24) is 4.90 Å². The molecule has 3 N–H and O–H groups in total. The molecule has 5 heteroatoms. The molecule has 5 nitrogen and oxygen atoms in total. The van der Waals surface area contributed by atoms with Crippen LogP contribution in [0.1, 0.15) is 37.0 Å². The Labute approximate surface area is 124 Å². The van der Waals surface area contributed by atoms with Gasteiger partial charge in [-0.25, -0.2) is 0 Å². The highest BCUT2D eigenvalue weighted by Crippen LogP contribution is 2.34. The highest BCUT2D eigenvalue weighted by atomic mass is 16.4. The number of piperidine rings is 1. The standard InChI is InChI=1S/C16H22N2O3/c1-16(2,15(20)21)12-4-3-9-18(10-12)14(19)11-5-7-13(17)8-6-11/h5-8,12H,3-4,9-10,17H2,1-2H3,(H,20,21). The van der Waals surface area contributed by atoms with E-state index in [-0.39, 0.29) is 11.8 Å². The van der Waals surface area contributed by atoms with Crippen LogP contribution in [-0.4, -0.2) is 35.0 Å². The van der Waals surface area contributed by atoms with Gasteiger partial charge in [-0.1, -0.05) is 0 Å². The lowest BCUT2D eigenvalue weighted by molar-refractivity contribution is -0.151. The molecule has 1 fully saturated rings. The van der Waals surface area contributed by atoms with Gasteiger partial charge in [0.1, 0.15) is 0 Å². The molecule has 21 heavy (non-hydrogen) atoms. The molecule has 0 spiro atoms. The maximum Gasteiger partial charge on any atom is 0.309 e. The van der Waals surface area contributed by atoms with E-state index < -0.39 is 11.4 Å². The Morgan fingerprint density at radius 2 is 1.90 bits per heavy atom.